The highest BCUT2D eigenvalue weighted by Crippen LogP contribution is 2.31. The number of hydrogen-bond donors (Lipinski definition) is 3. The van der Waals surface area contributed by atoms with Gasteiger partial charge in [0.1, 0.15) is 12.3 Å². The van der Waals surface area contributed by atoms with E-state index in [1.54, 1.807) is 44.6 Å². The quantitative estimate of drug-likeness (QED) is 0.339. The number of aliphatic hydroxyl groups is 1. The Labute approximate surface area is 226 Å². The summed E-state index contributed by atoms with van der Waals surface area (Å²) in [5.41, 5.74) is 3.14. The first-order chi connectivity index (χ1) is 18.3. The number of aliphatic hydroxyl groups excluding tert-OH is 1. The number of rotatable bonds is 11. The van der Waals surface area contributed by atoms with E-state index in [4.69, 9.17) is 21.1 Å². The van der Waals surface area contributed by atoms with Crippen LogP contribution in [0.3, 0.4) is 0 Å². The lowest BCUT2D eigenvalue weighted by Crippen LogP contribution is -2.40. The molecule has 38 heavy (non-hydrogen) atoms. The smallest absolute Gasteiger partial charge is 0.254 e. The monoisotopic (exact) mass is 539 g/mol. The van der Waals surface area contributed by atoms with Crippen LogP contribution in [-0.4, -0.2) is 71.8 Å². The van der Waals surface area contributed by atoms with Crippen molar-refractivity contribution in [3.05, 3.63) is 70.4 Å². The van der Waals surface area contributed by atoms with E-state index in [1.165, 1.54) is 11.1 Å². The predicted molar refractivity (Wildman–Crippen MR) is 143 cm³/mol. The minimum Gasteiger partial charge on any atom is -0.497 e. The maximum atomic E-state index is 13.2. The van der Waals surface area contributed by atoms with E-state index < -0.39 is 6.04 Å². The molecule has 2 heterocycles. The molecule has 2 atom stereocenters. The van der Waals surface area contributed by atoms with Crippen molar-refractivity contribution in [2.75, 3.05) is 39.3 Å². The maximum Gasteiger partial charge on any atom is 0.254 e. The summed E-state index contributed by atoms with van der Waals surface area (Å²) in [6.07, 6.45) is 1.51. The van der Waals surface area contributed by atoms with Crippen molar-refractivity contribution in [1.82, 2.24) is 20.2 Å². The zero-order chi connectivity index (χ0) is 27.2. The van der Waals surface area contributed by atoms with Crippen LogP contribution in [0.1, 0.15) is 34.5 Å². The molecule has 2 aromatic carbocycles. The normalized spacial score (nSPS) is 14.1. The first-order valence-corrected chi connectivity index (χ1v) is 12.5. The van der Waals surface area contributed by atoms with E-state index in [0.717, 1.165) is 5.56 Å². The summed E-state index contributed by atoms with van der Waals surface area (Å²) in [4.78, 5) is 36.2. The average Bonchev–Trinajstić information content (AvgIpc) is 3.22. The molecule has 10 nitrogen and oxygen atoms in total. The molecule has 1 aliphatic heterocycles. The minimum atomic E-state index is -0.626. The van der Waals surface area contributed by atoms with Gasteiger partial charge in [-0.15, -0.1) is 0 Å². The summed E-state index contributed by atoms with van der Waals surface area (Å²) >= 11 is 6.39. The predicted octanol–water partition coefficient (Wildman–Crippen LogP) is 3.06. The van der Waals surface area contributed by atoms with Gasteiger partial charge in [-0.3, -0.25) is 9.59 Å². The van der Waals surface area contributed by atoms with Crippen LogP contribution in [0, 0.1) is 0 Å². The van der Waals surface area contributed by atoms with E-state index >= 15 is 0 Å². The van der Waals surface area contributed by atoms with Crippen LogP contribution in [0.25, 0.3) is 11.3 Å². The van der Waals surface area contributed by atoms with Gasteiger partial charge in [0.25, 0.3) is 5.91 Å². The number of anilines is 1. The molecule has 1 aliphatic rings. The van der Waals surface area contributed by atoms with Crippen molar-refractivity contribution in [2.24, 2.45) is 0 Å². The molecule has 200 valence electrons. The lowest BCUT2D eigenvalue weighted by atomic mass is 10.0. The van der Waals surface area contributed by atoms with Gasteiger partial charge < -0.3 is 30.1 Å². The third kappa shape index (κ3) is 6.21. The molecule has 4 rings (SSSR count). The SMILES string of the molecule is COC[C@H](C)Nc1ncc(Cl)c(-c2ccc3c(c2)C(=O)N(CC(=O)N[C@H](CO)c2cccc(OC)c2)C3)n1. The topological polar surface area (TPSA) is 126 Å². The molecule has 3 aromatic rings. The molecule has 0 unspecified atom stereocenters. The number of fused-ring (bicyclic) bond motifs is 1. The number of hydrogen-bond acceptors (Lipinski definition) is 8. The van der Waals surface area contributed by atoms with Gasteiger partial charge in [0.05, 0.1) is 43.3 Å². The Hall–Kier alpha value is -3.73. The second kappa shape index (κ2) is 12.2. The number of nitrogens with zero attached hydrogens (tertiary/aromatic N) is 3. The number of halogens is 1. The summed E-state index contributed by atoms with van der Waals surface area (Å²) in [6.45, 7) is 2.28. The van der Waals surface area contributed by atoms with Crippen molar-refractivity contribution in [2.45, 2.75) is 25.6 Å². The van der Waals surface area contributed by atoms with Gasteiger partial charge in [0.15, 0.2) is 0 Å². The van der Waals surface area contributed by atoms with Gasteiger partial charge >= 0.3 is 0 Å². The van der Waals surface area contributed by atoms with Crippen LogP contribution in [0.5, 0.6) is 5.75 Å². The fourth-order valence-corrected chi connectivity index (χ4v) is 4.49. The fraction of sp³-hybridized carbons (Fsp3) is 0.333. The van der Waals surface area contributed by atoms with Crippen molar-refractivity contribution in [3.8, 4) is 17.0 Å². The Bertz CT molecular complexity index is 1320. The van der Waals surface area contributed by atoms with Crippen LogP contribution in [0.4, 0.5) is 5.95 Å². The zero-order valence-electron chi connectivity index (χ0n) is 21.4. The Balaban J connectivity index is 1.46. The number of ether oxygens (including phenoxy) is 2. The molecule has 0 saturated carbocycles. The fourth-order valence-electron chi connectivity index (χ4n) is 4.29. The first kappa shape index (κ1) is 27.3. The number of benzene rings is 2. The number of aromatic nitrogens is 2. The summed E-state index contributed by atoms with van der Waals surface area (Å²) in [5, 5.41) is 16.1. The first-order valence-electron chi connectivity index (χ1n) is 12.1. The van der Waals surface area contributed by atoms with Gasteiger partial charge in [-0.25, -0.2) is 9.97 Å². The van der Waals surface area contributed by atoms with E-state index in [1.807, 2.05) is 19.1 Å². The lowest BCUT2D eigenvalue weighted by molar-refractivity contribution is -0.122. The number of methoxy groups -OCH3 is 2. The Morgan fingerprint density at radius 1 is 1.24 bits per heavy atom. The minimum absolute atomic E-state index is 0.00956. The van der Waals surface area contributed by atoms with E-state index in [2.05, 4.69) is 20.6 Å². The Kier molecular flexibility index (Phi) is 8.77. The lowest BCUT2D eigenvalue weighted by Gasteiger charge is -2.20. The molecule has 1 aromatic heterocycles. The van der Waals surface area contributed by atoms with Crippen molar-refractivity contribution in [1.29, 1.82) is 0 Å². The Morgan fingerprint density at radius 2 is 2.05 bits per heavy atom. The van der Waals surface area contributed by atoms with Crippen LogP contribution >= 0.6 is 11.6 Å². The van der Waals surface area contributed by atoms with Gasteiger partial charge in [0, 0.05) is 30.8 Å². The van der Waals surface area contributed by atoms with Gasteiger partial charge in [-0.05, 0) is 36.2 Å². The molecule has 2 amide bonds. The molecule has 0 fully saturated rings. The van der Waals surface area contributed by atoms with E-state index in [-0.39, 0.29) is 31.0 Å². The summed E-state index contributed by atoms with van der Waals surface area (Å²) in [7, 11) is 3.16. The van der Waals surface area contributed by atoms with Crippen molar-refractivity contribution < 1.29 is 24.2 Å². The van der Waals surface area contributed by atoms with Gasteiger partial charge in [-0.2, -0.15) is 0 Å². The standard InChI is InChI=1S/C27H30ClN5O5/c1-16(15-37-2)30-27-29-11-22(28)25(32-27)18-7-8-19-12-33(26(36)21(19)10-18)13-24(35)31-23(14-34)17-5-4-6-20(9-17)38-3/h4-11,16,23,34H,12-15H2,1-3H3,(H,31,35)(H,29,30,32)/t16-,23+/m0/s1. The molecule has 0 spiro atoms. The second-order valence-corrected chi connectivity index (χ2v) is 9.41. The number of nitrogens with one attached hydrogen (secondary N) is 2. The average molecular weight is 540 g/mol. The molecule has 0 saturated heterocycles. The number of carbonyl (C=O) groups excluding carboxylic acids is 2. The van der Waals surface area contributed by atoms with Crippen molar-refractivity contribution in [3.63, 3.8) is 0 Å². The molecular weight excluding hydrogens is 510 g/mol. The van der Waals surface area contributed by atoms with Gasteiger partial charge in [-0.1, -0.05) is 35.9 Å². The van der Waals surface area contributed by atoms with Crippen LogP contribution in [-0.2, 0) is 16.1 Å². The molecule has 0 aliphatic carbocycles. The third-order valence-electron chi connectivity index (χ3n) is 6.15. The largest absolute Gasteiger partial charge is 0.497 e. The molecule has 0 bridgehead atoms. The highest BCUT2D eigenvalue weighted by atomic mass is 35.5. The molecular formula is C27H30ClN5O5. The van der Waals surface area contributed by atoms with Crippen LogP contribution in [0.15, 0.2) is 48.7 Å². The summed E-state index contributed by atoms with van der Waals surface area (Å²) in [5.74, 6) is 0.366. The molecule has 11 heteroatoms. The highest BCUT2D eigenvalue weighted by molar-refractivity contribution is 6.33. The van der Waals surface area contributed by atoms with E-state index in [0.29, 0.717) is 52.3 Å². The maximum absolute atomic E-state index is 13.2. The van der Waals surface area contributed by atoms with Crippen LogP contribution < -0.4 is 15.4 Å². The summed E-state index contributed by atoms with van der Waals surface area (Å²) in [6, 6.07) is 11.9. The third-order valence-corrected chi connectivity index (χ3v) is 6.42. The van der Waals surface area contributed by atoms with E-state index in [9.17, 15) is 14.7 Å². The molecule has 0 radical (unpaired) electrons. The van der Waals surface area contributed by atoms with Gasteiger partial charge in [0.2, 0.25) is 11.9 Å². The second-order valence-electron chi connectivity index (χ2n) is 9.00. The summed E-state index contributed by atoms with van der Waals surface area (Å²) < 4.78 is 10.4. The van der Waals surface area contributed by atoms with Crippen LogP contribution in [0.2, 0.25) is 5.02 Å². The highest BCUT2D eigenvalue weighted by Gasteiger charge is 2.30. The number of amides is 2. The van der Waals surface area contributed by atoms with Crippen molar-refractivity contribution >= 4 is 29.4 Å². The molecule has 3 N–H and O–H groups in total. The Morgan fingerprint density at radius 3 is 2.79 bits per heavy atom. The number of carbonyl (C=O) groups is 2. The zero-order valence-corrected chi connectivity index (χ0v) is 22.2.